The number of hydrogen-bond donors (Lipinski definition) is 0. The van der Waals surface area contributed by atoms with Crippen molar-refractivity contribution in [2.75, 3.05) is 28.6 Å². The lowest BCUT2D eigenvalue weighted by Gasteiger charge is -2.32. The van der Waals surface area contributed by atoms with Crippen molar-refractivity contribution in [1.29, 1.82) is 0 Å². The molecule has 0 fully saturated rings. The quantitative estimate of drug-likeness (QED) is 0.759. The van der Waals surface area contributed by atoms with E-state index in [0.717, 1.165) is 34.7 Å². The van der Waals surface area contributed by atoms with Crippen LogP contribution in [0.3, 0.4) is 0 Å². The highest BCUT2D eigenvalue weighted by Crippen LogP contribution is 2.30. The molecule has 0 N–H and O–H groups in total. The van der Waals surface area contributed by atoms with Crippen molar-refractivity contribution < 1.29 is 13.2 Å². The highest BCUT2D eigenvalue weighted by molar-refractivity contribution is 9.10. The molecule has 1 heterocycles. The Morgan fingerprint density at radius 1 is 1.16 bits per heavy atom. The Hall–Kier alpha value is -1.86. The number of para-hydroxylation sites is 2. The number of nitrogens with zero attached hydrogens (tertiary/aromatic N) is 2. The molecule has 2 aromatic carbocycles. The van der Waals surface area contributed by atoms with Gasteiger partial charge in [0.15, 0.2) is 0 Å². The molecule has 25 heavy (non-hydrogen) atoms. The molecular formula is C18H19BrN2O3S. The molecule has 1 aliphatic rings. The zero-order valence-electron chi connectivity index (χ0n) is 13.9. The third kappa shape index (κ3) is 3.88. The van der Waals surface area contributed by atoms with Gasteiger partial charge in [-0.3, -0.25) is 9.10 Å². The van der Waals surface area contributed by atoms with E-state index in [1.54, 1.807) is 29.2 Å². The standard InChI is InChI=1S/C18H19BrN2O3S/c1-25(23,24)21(17-11-5-3-9-15(17)19)13-18(22)20-12-6-8-14-7-2-4-10-16(14)20/h2-5,7,9-11H,6,8,12-13H2,1H3. The molecule has 0 spiro atoms. The Morgan fingerprint density at radius 2 is 1.84 bits per heavy atom. The van der Waals surface area contributed by atoms with E-state index in [1.165, 1.54) is 0 Å². The maximum Gasteiger partial charge on any atom is 0.247 e. The molecule has 2 aromatic rings. The van der Waals surface area contributed by atoms with Crippen LogP contribution in [0.25, 0.3) is 0 Å². The number of fused-ring (bicyclic) bond motifs is 1. The molecule has 0 unspecified atom stereocenters. The van der Waals surface area contributed by atoms with Gasteiger partial charge in [-0.15, -0.1) is 0 Å². The van der Waals surface area contributed by atoms with E-state index in [-0.39, 0.29) is 12.5 Å². The molecule has 7 heteroatoms. The first-order valence-electron chi connectivity index (χ1n) is 7.98. The molecule has 3 rings (SSSR count). The van der Waals surface area contributed by atoms with Gasteiger partial charge in [-0.2, -0.15) is 0 Å². The Balaban J connectivity index is 1.92. The van der Waals surface area contributed by atoms with E-state index < -0.39 is 10.0 Å². The van der Waals surface area contributed by atoms with Gasteiger partial charge in [0.1, 0.15) is 6.54 Å². The van der Waals surface area contributed by atoms with Crippen molar-refractivity contribution in [3.8, 4) is 0 Å². The number of aryl methyl sites for hydroxylation is 1. The zero-order chi connectivity index (χ0) is 18.0. The van der Waals surface area contributed by atoms with Crippen LogP contribution in [0.4, 0.5) is 11.4 Å². The summed E-state index contributed by atoms with van der Waals surface area (Å²) in [6.07, 6.45) is 2.92. The van der Waals surface area contributed by atoms with Gasteiger partial charge in [0, 0.05) is 16.7 Å². The first-order chi connectivity index (χ1) is 11.9. The first kappa shape index (κ1) is 17.9. The van der Waals surface area contributed by atoms with Gasteiger partial charge in [0.2, 0.25) is 15.9 Å². The molecule has 0 bridgehead atoms. The van der Waals surface area contributed by atoms with Crippen LogP contribution in [0.2, 0.25) is 0 Å². The Morgan fingerprint density at radius 3 is 2.56 bits per heavy atom. The summed E-state index contributed by atoms with van der Waals surface area (Å²) in [5.74, 6) is -0.228. The van der Waals surface area contributed by atoms with Crippen LogP contribution in [-0.4, -0.2) is 33.7 Å². The molecule has 0 radical (unpaired) electrons. The SMILES string of the molecule is CS(=O)(=O)N(CC(=O)N1CCCc2ccccc21)c1ccccc1Br. The Kier molecular flexibility index (Phi) is 5.15. The number of halogens is 1. The van der Waals surface area contributed by atoms with Crippen molar-refractivity contribution in [3.63, 3.8) is 0 Å². The fraction of sp³-hybridized carbons (Fsp3) is 0.278. The van der Waals surface area contributed by atoms with Crippen molar-refractivity contribution in [2.24, 2.45) is 0 Å². The van der Waals surface area contributed by atoms with Gasteiger partial charge in [-0.1, -0.05) is 30.3 Å². The lowest BCUT2D eigenvalue weighted by Crippen LogP contribution is -2.44. The topological polar surface area (TPSA) is 57.7 Å². The molecule has 1 aliphatic heterocycles. The number of hydrogen-bond acceptors (Lipinski definition) is 3. The van der Waals surface area contributed by atoms with Gasteiger partial charge in [0.25, 0.3) is 0 Å². The normalized spacial score (nSPS) is 14.1. The number of carbonyl (C=O) groups is 1. The average molecular weight is 423 g/mol. The van der Waals surface area contributed by atoms with Gasteiger partial charge in [0.05, 0.1) is 11.9 Å². The summed E-state index contributed by atoms with van der Waals surface area (Å²) in [6.45, 7) is 0.374. The molecular weight excluding hydrogens is 404 g/mol. The molecule has 0 aromatic heterocycles. The van der Waals surface area contributed by atoms with Crippen LogP contribution >= 0.6 is 15.9 Å². The predicted octanol–water partition coefficient (Wildman–Crippen LogP) is 3.19. The van der Waals surface area contributed by atoms with Crippen molar-refractivity contribution in [3.05, 3.63) is 58.6 Å². The fourth-order valence-electron chi connectivity index (χ4n) is 3.04. The molecule has 5 nitrogen and oxygen atoms in total. The second-order valence-corrected chi connectivity index (χ2v) is 8.76. The van der Waals surface area contributed by atoms with E-state index in [0.29, 0.717) is 16.7 Å². The minimum atomic E-state index is -3.60. The molecule has 0 aliphatic carbocycles. The Labute approximate surface area is 156 Å². The highest BCUT2D eigenvalue weighted by atomic mass is 79.9. The summed E-state index contributed by atoms with van der Waals surface area (Å²) in [5.41, 5.74) is 2.46. The van der Waals surface area contributed by atoms with Crippen molar-refractivity contribution in [2.45, 2.75) is 12.8 Å². The van der Waals surface area contributed by atoms with Gasteiger partial charge >= 0.3 is 0 Å². The number of benzene rings is 2. The summed E-state index contributed by atoms with van der Waals surface area (Å²) in [4.78, 5) is 14.6. The van der Waals surface area contributed by atoms with Gasteiger partial charge in [-0.25, -0.2) is 8.42 Å². The summed E-state index contributed by atoms with van der Waals surface area (Å²) >= 11 is 3.37. The third-order valence-electron chi connectivity index (χ3n) is 4.21. The van der Waals surface area contributed by atoms with Crippen LogP contribution in [0.15, 0.2) is 53.0 Å². The van der Waals surface area contributed by atoms with E-state index in [4.69, 9.17) is 0 Å². The minimum Gasteiger partial charge on any atom is -0.311 e. The lowest BCUT2D eigenvalue weighted by molar-refractivity contribution is -0.117. The highest BCUT2D eigenvalue weighted by Gasteiger charge is 2.28. The smallest absolute Gasteiger partial charge is 0.247 e. The summed E-state index contributed by atoms with van der Waals surface area (Å²) in [7, 11) is -3.60. The molecule has 0 atom stereocenters. The van der Waals surface area contributed by atoms with E-state index >= 15 is 0 Å². The summed E-state index contributed by atoms with van der Waals surface area (Å²) < 4.78 is 26.3. The Bertz CT molecular complexity index is 899. The van der Waals surface area contributed by atoms with Gasteiger partial charge < -0.3 is 4.90 Å². The molecule has 1 amide bonds. The molecule has 0 saturated heterocycles. The monoisotopic (exact) mass is 422 g/mol. The lowest BCUT2D eigenvalue weighted by atomic mass is 10.0. The van der Waals surface area contributed by atoms with E-state index in [9.17, 15) is 13.2 Å². The van der Waals surface area contributed by atoms with Gasteiger partial charge in [-0.05, 0) is 52.5 Å². The first-order valence-corrected chi connectivity index (χ1v) is 10.6. The number of amides is 1. The second kappa shape index (κ2) is 7.17. The maximum atomic E-state index is 12.9. The van der Waals surface area contributed by atoms with Crippen LogP contribution in [0.5, 0.6) is 0 Å². The average Bonchev–Trinajstić information content (AvgIpc) is 2.59. The minimum absolute atomic E-state index is 0.226. The maximum absolute atomic E-state index is 12.9. The zero-order valence-corrected chi connectivity index (χ0v) is 16.3. The predicted molar refractivity (Wildman–Crippen MR) is 103 cm³/mol. The van der Waals surface area contributed by atoms with E-state index in [2.05, 4.69) is 15.9 Å². The van der Waals surface area contributed by atoms with E-state index in [1.807, 2.05) is 24.3 Å². The van der Waals surface area contributed by atoms with Crippen LogP contribution in [0, 0.1) is 0 Å². The summed E-state index contributed by atoms with van der Waals surface area (Å²) in [5, 5.41) is 0. The molecule has 0 saturated carbocycles. The number of anilines is 2. The number of sulfonamides is 1. The van der Waals surface area contributed by atoms with Crippen LogP contribution < -0.4 is 9.21 Å². The fourth-order valence-corrected chi connectivity index (χ4v) is 4.51. The van der Waals surface area contributed by atoms with Crippen LogP contribution in [-0.2, 0) is 21.2 Å². The third-order valence-corrected chi connectivity index (χ3v) is 6.01. The molecule has 132 valence electrons. The largest absolute Gasteiger partial charge is 0.311 e. The van der Waals surface area contributed by atoms with Crippen molar-refractivity contribution in [1.82, 2.24) is 0 Å². The summed E-state index contributed by atoms with van der Waals surface area (Å²) in [6, 6.07) is 14.8. The number of rotatable bonds is 4. The number of carbonyl (C=O) groups excluding carboxylic acids is 1. The second-order valence-electron chi connectivity index (χ2n) is 6.00. The van der Waals surface area contributed by atoms with Crippen LogP contribution in [0.1, 0.15) is 12.0 Å². The van der Waals surface area contributed by atoms with Crippen molar-refractivity contribution >= 4 is 43.2 Å².